The minimum absolute atomic E-state index is 0.212. The summed E-state index contributed by atoms with van der Waals surface area (Å²) in [6.07, 6.45) is 5.25. The van der Waals surface area contributed by atoms with E-state index in [0.717, 1.165) is 11.1 Å². The third-order valence-electron chi connectivity index (χ3n) is 5.89. The summed E-state index contributed by atoms with van der Waals surface area (Å²) in [6, 6.07) is 1.03. The highest BCUT2D eigenvalue weighted by molar-refractivity contribution is 6.05. The van der Waals surface area contributed by atoms with E-state index in [9.17, 15) is 19.2 Å². The standard InChI is InChI=1S/C23H28N4O5/c1-23(2,3)32-22(31)26-10-7-14(8-11-26)12-17-16-13-27(21(30)15(16)6-9-24-17)18-4-5-19(28)25-20(18)29/h6,9,12,18H,4-5,7-8,10-11,13H2,1-3H3,(H,25,28,29). The molecule has 32 heavy (non-hydrogen) atoms. The molecule has 170 valence electrons. The highest BCUT2D eigenvalue weighted by Crippen LogP contribution is 2.31. The van der Waals surface area contributed by atoms with Crippen molar-refractivity contribution >= 4 is 29.9 Å². The van der Waals surface area contributed by atoms with Gasteiger partial charge in [-0.2, -0.15) is 0 Å². The molecule has 2 fully saturated rings. The predicted molar refractivity (Wildman–Crippen MR) is 115 cm³/mol. The number of pyridine rings is 1. The van der Waals surface area contributed by atoms with Crippen molar-refractivity contribution in [3.63, 3.8) is 0 Å². The van der Waals surface area contributed by atoms with Gasteiger partial charge in [0, 0.05) is 43.4 Å². The van der Waals surface area contributed by atoms with Gasteiger partial charge in [0.25, 0.3) is 5.91 Å². The molecule has 0 bridgehead atoms. The Kier molecular flexibility index (Phi) is 5.75. The molecule has 1 aromatic heterocycles. The van der Waals surface area contributed by atoms with Crippen molar-refractivity contribution in [2.45, 2.75) is 64.6 Å². The molecule has 9 heteroatoms. The van der Waals surface area contributed by atoms with E-state index in [0.29, 0.717) is 43.6 Å². The van der Waals surface area contributed by atoms with Gasteiger partial charge in [-0.05, 0) is 52.2 Å². The highest BCUT2D eigenvalue weighted by atomic mass is 16.6. The largest absolute Gasteiger partial charge is 0.444 e. The Labute approximate surface area is 186 Å². The van der Waals surface area contributed by atoms with E-state index in [1.54, 1.807) is 17.2 Å². The number of hydrogen-bond donors (Lipinski definition) is 1. The maximum absolute atomic E-state index is 13.0. The van der Waals surface area contributed by atoms with Crippen LogP contribution in [0.15, 0.2) is 17.8 Å². The van der Waals surface area contributed by atoms with Crippen molar-refractivity contribution in [1.82, 2.24) is 20.1 Å². The van der Waals surface area contributed by atoms with Crippen molar-refractivity contribution < 1.29 is 23.9 Å². The Morgan fingerprint density at radius 1 is 1.19 bits per heavy atom. The molecule has 0 spiro atoms. The van der Waals surface area contributed by atoms with Gasteiger partial charge in [0.1, 0.15) is 11.6 Å². The molecule has 0 saturated carbocycles. The molecule has 4 amide bonds. The van der Waals surface area contributed by atoms with Crippen molar-refractivity contribution in [3.8, 4) is 0 Å². The first-order valence-corrected chi connectivity index (χ1v) is 10.9. The third-order valence-corrected chi connectivity index (χ3v) is 5.89. The maximum Gasteiger partial charge on any atom is 0.410 e. The van der Waals surface area contributed by atoms with Gasteiger partial charge in [-0.25, -0.2) is 4.79 Å². The first-order chi connectivity index (χ1) is 15.1. The second kappa shape index (κ2) is 8.37. The molecule has 1 N–H and O–H groups in total. The third kappa shape index (κ3) is 4.51. The number of likely N-dealkylation sites (tertiary alicyclic amines) is 1. The Bertz CT molecular complexity index is 1000. The number of carbonyl (C=O) groups excluding carboxylic acids is 4. The van der Waals surface area contributed by atoms with Gasteiger partial charge in [-0.3, -0.25) is 24.7 Å². The average Bonchev–Trinajstić information content (AvgIpc) is 3.05. The van der Waals surface area contributed by atoms with Gasteiger partial charge in [0.05, 0.1) is 5.69 Å². The summed E-state index contributed by atoms with van der Waals surface area (Å²) in [5.74, 6) is -0.943. The second-order valence-corrected chi connectivity index (χ2v) is 9.39. The number of piperidine rings is 2. The molecule has 9 nitrogen and oxygen atoms in total. The maximum atomic E-state index is 13.0. The van der Waals surface area contributed by atoms with Gasteiger partial charge < -0.3 is 14.5 Å². The van der Waals surface area contributed by atoms with Crippen LogP contribution in [0.2, 0.25) is 0 Å². The van der Waals surface area contributed by atoms with Crippen LogP contribution in [0, 0.1) is 0 Å². The molecule has 0 radical (unpaired) electrons. The molecule has 4 heterocycles. The van der Waals surface area contributed by atoms with Crippen molar-refractivity contribution in [3.05, 3.63) is 34.7 Å². The fourth-order valence-corrected chi connectivity index (χ4v) is 4.27. The zero-order valence-corrected chi connectivity index (χ0v) is 18.6. The first-order valence-electron chi connectivity index (χ1n) is 10.9. The number of hydrogen-bond acceptors (Lipinski definition) is 6. The van der Waals surface area contributed by atoms with E-state index in [1.165, 1.54) is 4.90 Å². The molecule has 0 aliphatic carbocycles. The Balaban J connectivity index is 1.46. The molecule has 1 aromatic rings. The van der Waals surface area contributed by atoms with Crippen LogP contribution in [0.4, 0.5) is 4.79 Å². The molecular formula is C23H28N4O5. The zero-order valence-electron chi connectivity index (χ0n) is 18.6. The van der Waals surface area contributed by atoms with Crippen molar-refractivity contribution in [2.24, 2.45) is 0 Å². The number of fused-ring (bicyclic) bond motifs is 1. The van der Waals surface area contributed by atoms with E-state index in [-0.39, 0.29) is 30.9 Å². The van der Waals surface area contributed by atoms with E-state index in [2.05, 4.69) is 10.3 Å². The molecule has 1 atom stereocenters. The fourth-order valence-electron chi connectivity index (χ4n) is 4.27. The molecule has 2 saturated heterocycles. The summed E-state index contributed by atoms with van der Waals surface area (Å²) in [7, 11) is 0. The fraction of sp³-hybridized carbons (Fsp3) is 0.522. The van der Waals surface area contributed by atoms with Gasteiger partial charge >= 0.3 is 6.09 Å². The van der Waals surface area contributed by atoms with Gasteiger partial charge in [-0.15, -0.1) is 0 Å². The number of ether oxygens (including phenoxy) is 1. The number of amides is 4. The number of nitrogens with zero attached hydrogens (tertiary/aromatic N) is 3. The van der Waals surface area contributed by atoms with Crippen LogP contribution >= 0.6 is 0 Å². The number of carbonyl (C=O) groups is 4. The van der Waals surface area contributed by atoms with Crippen LogP contribution in [0.5, 0.6) is 0 Å². The molecule has 3 aliphatic rings. The molecule has 3 aliphatic heterocycles. The van der Waals surface area contributed by atoms with Crippen molar-refractivity contribution in [1.29, 1.82) is 0 Å². The molecule has 4 rings (SSSR count). The SMILES string of the molecule is CC(C)(C)OC(=O)N1CCC(=Cc2nccc3c2CN(C2CCC(=O)NC2=O)C3=O)CC1. The first kappa shape index (κ1) is 22.0. The summed E-state index contributed by atoms with van der Waals surface area (Å²) >= 11 is 0. The van der Waals surface area contributed by atoms with Gasteiger partial charge in [-0.1, -0.05) is 5.57 Å². The minimum Gasteiger partial charge on any atom is -0.444 e. The summed E-state index contributed by atoms with van der Waals surface area (Å²) in [6.45, 7) is 6.97. The lowest BCUT2D eigenvalue weighted by atomic mass is 10.0. The molecule has 1 unspecified atom stereocenters. The molecular weight excluding hydrogens is 412 g/mol. The van der Waals surface area contributed by atoms with Gasteiger partial charge in [0.15, 0.2) is 0 Å². The van der Waals surface area contributed by atoms with Crippen LogP contribution in [-0.2, 0) is 20.9 Å². The topological polar surface area (TPSA) is 109 Å². The Morgan fingerprint density at radius 3 is 2.56 bits per heavy atom. The number of rotatable bonds is 2. The summed E-state index contributed by atoms with van der Waals surface area (Å²) in [5, 5.41) is 2.32. The monoisotopic (exact) mass is 440 g/mol. The quantitative estimate of drug-likeness (QED) is 0.707. The lowest BCUT2D eigenvalue weighted by molar-refractivity contribution is -0.136. The highest BCUT2D eigenvalue weighted by Gasteiger charge is 2.40. The lowest BCUT2D eigenvalue weighted by Crippen LogP contribution is -2.52. The molecule has 0 aromatic carbocycles. The van der Waals surface area contributed by atoms with E-state index in [4.69, 9.17) is 4.74 Å². The van der Waals surface area contributed by atoms with Crippen LogP contribution in [0.1, 0.15) is 68.1 Å². The second-order valence-electron chi connectivity index (χ2n) is 9.39. The smallest absolute Gasteiger partial charge is 0.410 e. The number of nitrogens with one attached hydrogen (secondary N) is 1. The average molecular weight is 441 g/mol. The van der Waals surface area contributed by atoms with Crippen molar-refractivity contribution in [2.75, 3.05) is 13.1 Å². The van der Waals surface area contributed by atoms with Gasteiger partial charge in [0.2, 0.25) is 11.8 Å². The predicted octanol–water partition coefficient (Wildman–Crippen LogP) is 2.26. The van der Waals surface area contributed by atoms with Crippen LogP contribution in [0.3, 0.4) is 0 Å². The Morgan fingerprint density at radius 2 is 1.91 bits per heavy atom. The van der Waals surface area contributed by atoms with E-state index in [1.807, 2.05) is 26.8 Å². The zero-order chi connectivity index (χ0) is 23.0. The number of imide groups is 1. The summed E-state index contributed by atoms with van der Waals surface area (Å²) in [4.78, 5) is 56.7. The number of aromatic nitrogens is 1. The van der Waals surface area contributed by atoms with E-state index >= 15 is 0 Å². The van der Waals surface area contributed by atoms with Crippen LogP contribution < -0.4 is 5.32 Å². The summed E-state index contributed by atoms with van der Waals surface area (Å²) < 4.78 is 5.45. The Hall–Kier alpha value is -3.23. The lowest BCUT2D eigenvalue weighted by Gasteiger charge is -2.31. The van der Waals surface area contributed by atoms with Crippen LogP contribution in [-0.4, -0.2) is 63.3 Å². The minimum atomic E-state index is -0.648. The van der Waals surface area contributed by atoms with E-state index < -0.39 is 17.6 Å². The summed E-state index contributed by atoms with van der Waals surface area (Å²) in [5.41, 5.74) is 2.68. The van der Waals surface area contributed by atoms with Crippen LogP contribution in [0.25, 0.3) is 6.08 Å². The normalized spacial score (nSPS) is 21.4.